The van der Waals surface area contributed by atoms with E-state index >= 15 is 0 Å². The summed E-state index contributed by atoms with van der Waals surface area (Å²) in [6, 6.07) is 53.4. The fourth-order valence-electron chi connectivity index (χ4n) is 6.43. The minimum atomic E-state index is 0.665. The molecule has 9 aromatic rings. The minimum absolute atomic E-state index is 0.665. The third-order valence-electron chi connectivity index (χ3n) is 8.51. The fourth-order valence-corrected chi connectivity index (χ4v) is 7.43. The second-order valence-corrected chi connectivity index (χ2v) is 12.3. The number of rotatable bonds is 4. The van der Waals surface area contributed by atoms with Crippen LogP contribution in [-0.4, -0.2) is 15.0 Å². The molecule has 0 saturated carbocycles. The summed E-state index contributed by atoms with van der Waals surface area (Å²) in [5.74, 6) is 2.02. The molecule has 210 valence electrons. The molecule has 2 heterocycles. The monoisotopic (exact) mass is 591 g/mol. The third kappa shape index (κ3) is 4.38. The van der Waals surface area contributed by atoms with Crippen molar-refractivity contribution in [2.75, 3.05) is 0 Å². The van der Waals surface area contributed by atoms with Crippen LogP contribution in [-0.2, 0) is 0 Å². The van der Waals surface area contributed by atoms with E-state index in [0.29, 0.717) is 17.5 Å². The molecule has 0 amide bonds. The molecule has 0 fully saturated rings. The first kappa shape index (κ1) is 25.8. The van der Waals surface area contributed by atoms with Crippen LogP contribution in [0, 0.1) is 0 Å². The molecule has 4 heteroatoms. The maximum absolute atomic E-state index is 5.25. The topological polar surface area (TPSA) is 38.7 Å². The summed E-state index contributed by atoms with van der Waals surface area (Å²) < 4.78 is 1.21. The highest BCUT2D eigenvalue weighted by molar-refractivity contribution is 7.22. The van der Waals surface area contributed by atoms with E-state index < -0.39 is 0 Å². The van der Waals surface area contributed by atoms with Gasteiger partial charge in [0.05, 0.1) is 4.88 Å². The number of hydrogen-bond donors (Lipinski definition) is 0. The molecule has 2 aromatic heterocycles. The number of benzene rings is 7. The molecule has 7 aromatic carbocycles. The van der Waals surface area contributed by atoms with Gasteiger partial charge in [0.25, 0.3) is 0 Å². The van der Waals surface area contributed by atoms with Crippen LogP contribution in [0.15, 0.2) is 152 Å². The number of hydrogen-bond acceptors (Lipinski definition) is 4. The lowest BCUT2D eigenvalue weighted by Gasteiger charge is -2.17. The fraction of sp³-hybridized carbons (Fsp3) is 0. The summed E-state index contributed by atoms with van der Waals surface area (Å²) in [6.45, 7) is 0. The lowest BCUT2D eigenvalue weighted by atomic mass is 9.88. The zero-order valence-corrected chi connectivity index (χ0v) is 25.0. The molecule has 0 atom stereocenters. The lowest BCUT2D eigenvalue weighted by Crippen LogP contribution is -2.01. The largest absolute Gasteiger partial charge is 0.208 e. The van der Waals surface area contributed by atoms with Crippen LogP contribution in [0.5, 0.6) is 0 Å². The zero-order chi connectivity index (χ0) is 29.7. The van der Waals surface area contributed by atoms with E-state index in [1.165, 1.54) is 37.4 Å². The minimum Gasteiger partial charge on any atom is -0.208 e. The molecule has 0 unspecified atom stereocenters. The summed E-state index contributed by atoms with van der Waals surface area (Å²) in [6.07, 6.45) is 0. The Bertz CT molecular complexity index is 2460. The summed E-state index contributed by atoms with van der Waals surface area (Å²) in [7, 11) is 0. The van der Waals surface area contributed by atoms with Crippen LogP contribution in [0.25, 0.3) is 87.0 Å². The molecule has 0 saturated heterocycles. The van der Waals surface area contributed by atoms with E-state index in [1.54, 1.807) is 11.3 Å². The number of thiophene rings is 1. The Labute approximate surface area is 264 Å². The van der Waals surface area contributed by atoms with Crippen molar-refractivity contribution in [2.45, 2.75) is 0 Å². The lowest BCUT2D eigenvalue weighted by molar-refractivity contribution is 1.08. The Hall–Kier alpha value is -5.71. The van der Waals surface area contributed by atoms with E-state index in [-0.39, 0.29) is 0 Å². The summed E-state index contributed by atoms with van der Waals surface area (Å²) >= 11 is 1.71. The summed E-state index contributed by atoms with van der Waals surface area (Å²) in [4.78, 5) is 16.6. The first-order chi connectivity index (χ1) is 22.3. The van der Waals surface area contributed by atoms with Crippen LogP contribution in [0.2, 0.25) is 0 Å². The van der Waals surface area contributed by atoms with Gasteiger partial charge in [0.2, 0.25) is 0 Å². The average Bonchev–Trinajstić information content (AvgIpc) is 3.55. The number of nitrogens with zero attached hydrogens (tertiary/aromatic N) is 3. The highest BCUT2D eigenvalue weighted by Crippen LogP contribution is 2.43. The highest BCUT2D eigenvalue weighted by atomic mass is 32.1. The molecule has 0 N–H and O–H groups in total. The Morgan fingerprint density at radius 1 is 0.356 bits per heavy atom. The van der Waals surface area contributed by atoms with Crippen molar-refractivity contribution in [1.29, 1.82) is 0 Å². The molecule has 0 spiro atoms. The third-order valence-corrected chi connectivity index (χ3v) is 9.62. The van der Waals surface area contributed by atoms with Crippen molar-refractivity contribution in [1.82, 2.24) is 15.0 Å². The molecule has 0 radical (unpaired) electrons. The second-order valence-electron chi connectivity index (χ2n) is 11.2. The predicted molar refractivity (Wildman–Crippen MR) is 189 cm³/mol. The Morgan fingerprint density at radius 2 is 0.911 bits per heavy atom. The van der Waals surface area contributed by atoms with Gasteiger partial charge in [-0.15, -0.1) is 11.3 Å². The molecule has 0 aliphatic rings. The molecule has 3 nitrogen and oxygen atoms in total. The van der Waals surface area contributed by atoms with E-state index in [4.69, 9.17) is 15.0 Å². The van der Waals surface area contributed by atoms with Gasteiger partial charge in [0.1, 0.15) is 0 Å². The van der Waals surface area contributed by atoms with Crippen molar-refractivity contribution < 1.29 is 0 Å². The van der Waals surface area contributed by atoms with Crippen molar-refractivity contribution in [3.8, 4) is 44.6 Å². The van der Waals surface area contributed by atoms with Gasteiger partial charge in [-0.3, -0.25) is 0 Å². The molecule has 9 rings (SSSR count). The Balaban J connectivity index is 1.37. The van der Waals surface area contributed by atoms with Gasteiger partial charge in [-0.2, -0.15) is 0 Å². The van der Waals surface area contributed by atoms with Crippen LogP contribution in [0.3, 0.4) is 0 Å². The molecular formula is C41H25N3S. The summed E-state index contributed by atoms with van der Waals surface area (Å²) in [5.41, 5.74) is 4.40. The number of fused-ring (bicyclic) bond motifs is 4. The maximum atomic E-state index is 5.25. The summed E-state index contributed by atoms with van der Waals surface area (Å²) in [5, 5.41) is 8.12. The predicted octanol–water partition coefficient (Wildman–Crippen LogP) is 11.2. The van der Waals surface area contributed by atoms with Gasteiger partial charge in [-0.05, 0) is 67.0 Å². The van der Waals surface area contributed by atoms with Gasteiger partial charge < -0.3 is 0 Å². The van der Waals surface area contributed by atoms with Crippen LogP contribution < -0.4 is 0 Å². The average molecular weight is 592 g/mol. The van der Waals surface area contributed by atoms with Gasteiger partial charge in [-0.1, -0.05) is 133 Å². The van der Waals surface area contributed by atoms with E-state index in [9.17, 15) is 0 Å². The second kappa shape index (κ2) is 10.5. The van der Waals surface area contributed by atoms with Crippen molar-refractivity contribution in [3.63, 3.8) is 0 Å². The van der Waals surface area contributed by atoms with E-state index in [2.05, 4.69) is 152 Å². The maximum Gasteiger partial charge on any atom is 0.174 e. The molecule has 0 aliphatic heterocycles. The first-order valence-corrected chi connectivity index (χ1v) is 15.9. The van der Waals surface area contributed by atoms with Crippen molar-refractivity contribution >= 4 is 53.7 Å². The van der Waals surface area contributed by atoms with Crippen LogP contribution in [0.4, 0.5) is 0 Å². The number of aromatic nitrogens is 3. The quantitative estimate of drug-likeness (QED) is 0.191. The SMILES string of the molecule is c1ccc(-c2c3ccccc3c(-c3nc(-c4ccc5ccccc5c4)nc(-c4cc5ccccc5s4)n3)c3ccccc23)cc1. The van der Waals surface area contributed by atoms with Gasteiger partial charge >= 0.3 is 0 Å². The van der Waals surface area contributed by atoms with Crippen molar-refractivity contribution in [2.24, 2.45) is 0 Å². The molecule has 45 heavy (non-hydrogen) atoms. The van der Waals surface area contributed by atoms with Gasteiger partial charge in [-0.25, -0.2) is 15.0 Å². The van der Waals surface area contributed by atoms with Gasteiger partial charge in [0, 0.05) is 15.8 Å². The molecule has 0 aliphatic carbocycles. The normalized spacial score (nSPS) is 11.6. The van der Waals surface area contributed by atoms with Crippen LogP contribution in [0.1, 0.15) is 0 Å². The van der Waals surface area contributed by atoms with E-state index in [0.717, 1.165) is 32.2 Å². The van der Waals surface area contributed by atoms with E-state index in [1.807, 2.05) is 0 Å². The Kier molecular flexibility index (Phi) is 6.00. The molecule has 0 bridgehead atoms. The standard InChI is InChI=1S/C41H25N3S/c1-2-13-27(14-3-1)37-31-17-7-9-19-33(31)38(34-20-10-8-18-32(34)37)41-43-39(30-23-22-26-12-4-5-15-28(26)24-30)42-40(44-41)36-25-29-16-6-11-21-35(29)45-36/h1-25H. The van der Waals surface area contributed by atoms with Crippen LogP contribution >= 0.6 is 11.3 Å². The van der Waals surface area contributed by atoms with Gasteiger partial charge in [0.15, 0.2) is 17.5 Å². The zero-order valence-electron chi connectivity index (χ0n) is 24.2. The Morgan fingerprint density at radius 3 is 1.62 bits per heavy atom. The first-order valence-electron chi connectivity index (χ1n) is 15.0. The molecular weight excluding hydrogens is 567 g/mol. The highest BCUT2D eigenvalue weighted by Gasteiger charge is 2.21. The smallest absolute Gasteiger partial charge is 0.174 e. The van der Waals surface area contributed by atoms with Crippen molar-refractivity contribution in [3.05, 3.63) is 152 Å².